The van der Waals surface area contributed by atoms with Gasteiger partial charge in [-0.15, -0.1) is 5.10 Å². The number of rotatable bonds is 4. The van der Waals surface area contributed by atoms with Crippen molar-refractivity contribution in [2.75, 3.05) is 14.2 Å². The molecule has 0 saturated carbocycles. The van der Waals surface area contributed by atoms with Gasteiger partial charge in [0.15, 0.2) is 0 Å². The molecular formula is C8H12N4O4S. The lowest BCUT2D eigenvalue weighted by atomic mass is 10.4. The van der Waals surface area contributed by atoms with Gasteiger partial charge in [-0.05, 0) is 18.3 Å². The highest BCUT2D eigenvalue weighted by Gasteiger charge is 2.07. The number of aromatic nitrogens is 2. The molecular weight excluding hydrogens is 248 g/mol. The summed E-state index contributed by atoms with van der Waals surface area (Å²) < 4.78 is 10.4. The van der Waals surface area contributed by atoms with Gasteiger partial charge >= 0.3 is 11.0 Å². The predicted octanol–water partition coefficient (Wildman–Crippen LogP) is 0.0453. The van der Waals surface area contributed by atoms with Gasteiger partial charge in [-0.1, -0.05) is 0 Å². The lowest BCUT2D eigenvalue weighted by Crippen LogP contribution is -2.23. The molecule has 0 unspecified atom stereocenters. The number of nitrogens with zero attached hydrogens (tertiary/aromatic N) is 3. The Morgan fingerprint density at radius 1 is 1.59 bits per heavy atom. The van der Waals surface area contributed by atoms with Crippen molar-refractivity contribution >= 4 is 23.1 Å². The maximum atomic E-state index is 11.4. The van der Waals surface area contributed by atoms with E-state index in [1.165, 1.54) is 18.9 Å². The molecule has 0 fully saturated rings. The molecule has 0 aromatic carbocycles. The van der Waals surface area contributed by atoms with Gasteiger partial charge in [0.25, 0.3) is 5.19 Å². The van der Waals surface area contributed by atoms with E-state index >= 15 is 0 Å². The first-order valence-electron chi connectivity index (χ1n) is 4.56. The zero-order valence-corrected chi connectivity index (χ0v) is 10.4. The highest BCUT2D eigenvalue weighted by Crippen LogP contribution is 2.07. The quantitative estimate of drug-likeness (QED) is 0.609. The summed E-state index contributed by atoms with van der Waals surface area (Å²) in [6.07, 6.45) is -0.674. The Morgan fingerprint density at radius 3 is 2.82 bits per heavy atom. The van der Waals surface area contributed by atoms with Crippen molar-refractivity contribution in [1.29, 1.82) is 0 Å². The van der Waals surface area contributed by atoms with Crippen LogP contribution in [0.3, 0.4) is 0 Å². The second kappa shape index (κ2) is 5.99. The highest BCUT2D eigenvalue weighted by atomic mass is 32.1. The summed E-state index contributed by atoms with van der Waals surface area (Å²) in [6, 6.07) is 0. The SMILES string of the molecule is COC(=O)N/N=C(\C)Cn1nc(OC)sc1=O. The lowest BCUT2D eigenvalue weighted by Gasteiger charge is -2.00. The van der Waals surface area contributed by atoms with Crippen molar-refractivity contribution in [3.8, 4) is 5.19 Å². The first kappa shape index (κ1) is 13.2. The Balaban J connectivity index is 2.67. The minimum Gasteiger partial charge on any atom is -0.472 e. The van der Waals surface area contributed by atoms with Gasteiger partial charge in [0.05, 0.1) is 26.5 Å². The molecule has 1 amide bonds. The number of ether oxygens (including phenoxy) is 2. The van der Waals surface area contributed by atoms with Crippen molar-refractivity contribution in [2.45, 2.75) is 13.5 Å². The van der Waals surface area contributed by atoms with E-state index in [1.54, 1.807) is 6.92 Å². The topological polar surface area (TPSA) is 94.8 Å². The Morgan fingerprint density at radius 2 is 2.29 bits per heavy atom. The summed E-state index contributed by atoms with van der Waals surface area (Å²) in [4.78, 5) is 21.9. The number of carbonyl (C=O) groups is 1. The van der Waals surface area contributed by atoms with Crippen molar-refractivity contribution in [3.05, 3.63) is 9.67 Å². The maximum absolute atomic E-state index is 11.4. The van der Waals surface area contributed by atoms with E-state index in [0.29, 0.717) is 5.71 Å². The van der Waals surface area contributed by atoms with Crippen LogP contribution in [0.15, 0.2) is 9.90 Å². The molecule has 0 atom stereocenters. The highest BCUT2D eigenvalue weighted by molar-refractivity contribution is 7.10. The molecule has 1 rings (SSSR count). The number of nitrogens with one attached hydrogen (secondary N) is 1. The predicted molar refractivity (Wildman–Crippen MR) is 61.6 cm³/mol. The molecule has 0 aliphatic carbocycles. The fourth-order valence-electron chi connectivity index (χ4n) is 0.908. The number of methoxy groups -OCH3 is 2. The largest absolute Gasteiger partial charge is 0.472 e. The van der Waals surface area contributed by atoms with Crippen LogP contribution in [0.2, 0.25) is 0 Å². The molecule has 8 nitrogen and oxygen atoms in total. The lowest BCUT2D eigenvalue weighted by molar-refractivity contribution is 0.171. The van der Waals surface area contributed by atoms with E-state index in [-0.39, 0.29) is 16.6 Å². The van der Waals surface area contributed by atoms with Crippen LogP contribution >= 0.6 is 11.3 Å². The number of hydrazone groups is 1. The van der Waals surface area contributed by atoms with Crippen LogP contribution < -0.4 is 15.0 Å². The average molecular weight is 260 g/mol. The third-order valence-corrected chi connectivity index (χ3v) is 2.47. The minimum atomic E-state index is -0.674. The monoisotopic (exact) mass is 260 g/mol. The summed E-state index contributed by atoms with van der Waals surface area (Å²) in [5.41, 5.74) is 2.65. The van der Waals surface area contributed by atoms with Gasteiger partial charge in [-0.25, -0.2) is 14.9 Å². The number of carbonyl (C=O) groups excluding carboxylic acids is 1. The third-order valence-electron chi connectivity index (χ3n) is 1.66. The van der Waals surface area contributed by atoms with Crippen LogP contribution in [0, 0.1) is 0 Å². The Kier molecular flexibility index (Phi) is 4.64. The van der Waals surface area contributed by atoms with E-state index in [4.69, 9.17) is 4.74 Å². The number of hydrogen-bond acceptors (Lipinski definition) is 7. The Labute approximate surface area is 101 Å². The van der Waals surface area contributed by atoms with Gasteiger partial charge in [0.2, 0.25) is 0 Å². The minimum absolute atomic E-state index is 0.169. The van der Waals surface area contributed by atoms with Crippen LogP contribution in [0.5, 0.6) is 5.19 Å². The van der Waals surface area contributed by atoms with E-state index < -0.39 is 6.09 Å². The summed E-state index contributed by atoms with van der Waals surface area (Å²) in [6.45, 7) is 1.82. The van der Waals surface area contributed by atoms with Crippen molar-refractivity contribution in [1.82, 2.24) is 15.2 Å². The van der Waals surface area contributed by atoms with E-state index in [9.17, 15) is 9.59 Å². The summed E-state index contributed by atoms with van der Waals surface area (Å²) in [5, 5.41) is 7.90. The molecule has 17 heavy (non-hydrogen) atoms. The van der Waals surface area contributed by atoms with E-state index in [2.05, 4.69) is 20.4 Å². The van der Waals surface area contributed by atoms with Gasteiger partial charge < -0.3 is 9.47 Å². The van der Waals surface area contributed by atoms with E-state index in [0.717, 1.165) is 11.3 Å². The molecule has 0 bridgehead atoms. The molecule has 9 heteroatoms. The molecule has 0 saturated heterocycles. The number of hydrogen-bond donors (Lipinski definition) is 1. The fourth-order valence-corrected chi connectivity index (χ4v) is 1.49. The van der Waals surface area contributed by atoms with Crippen molar-refractivity contribution in [2.24, 2.45) is 5.10 Å². The normalized spacial score (nSPS) is 11.1. The maximum Gasteiger partial charge on any atom is 0.427 e. The van der Waals surface area contributed by atoms with Gasteiger partial charge in [-0.2, -0.15) is 5.10 Å². The summed E-state index contributed by atoms with van der Waals surface area (Å²) in [7, 11) is 2.67. The molecule has 0 spiro atoms. The zero-order chi connectivity index (χ0) is 12.8. The zero-order valence-electron chi connectivity index (χ0n) is 9.59. The number of amides is 1. The first-order valence-corrected chi connectivity index (χ1v) is 5.37. The molecule has 0 aliphatic rings. The standard InChI is InChI=1S/C8H12N4O4S/c1-5(9-10-6(13)15-2)4-12-8(14)17-7(11-12)16-3/h4H2,1-3H3,(H,10,13)/b9-5+. The van der Waals surface area contributed by atoms with Crippen LogP contribution in [0.25, 0.3) is 0 Å². The molecule has 94 valence electrons. The van der Waals surface area contributed by atoms with E-state index in [1.807, 2.05) is 0 Å². The van der Waals surface area contributed by atoms with Crippen LogP contribution in [-0.2, 0) is 11.3 Å². The third kappa shape index (κ3) is 3.87. The van der Waals surface area contributed by atoms with Crippen molar-refractivity contribution in [3.63, 3.8) is 0 Å². The van der Waals surface area contributed by atoms with Gasteiger partial charge in [0, 0.05) is 0 Å². The van der Waals surface area contributed by atoms with Crippen LogP contribution in [0.4, 0.5) is 4.79 Å². The molecule has 1 aromatic rings. The average Bonchev–Trinajstić information content (AvgIpc) is 2.67. The van der Waals surface area contributed by atoms with Gasteiger partial charge in [-0.3, -0.25) is 4.79 Å². The Hall–Kier alpha value is -1.90. The second-order valence-corrected chi connectivity index (χ2v) is 3.85. The Bertz CT molecular complexity index is 478. The summed E-state index contributed by atoms with van der Waals surface area (Å²) in [5.74, 6) is 0. The van der Waals surface area contributed by atoms with Gasteiger partial charge in [0.1, 0.15) is 0 Å². The summed E-state index contributed by atoms with van der Waals surface area (Å²) >= 11 is 0.892. The van der Waals surface area contributed by atoms with Crippen molar-refractivity contribution < 1.29 is 14.3 Å². The van der Waals surface area contributed by atoms with Crippen LogP contribution in [0.1, 0.15) is 6.92 Å². The smallest absolute Gasteiger partial charge is 0.427 e. The molecule has 1 N–H and O–H groups in total. The fraction of sp³-hybridized carbons (Fsp3) is 0.500. The van der Waals surface area contributed by atoms with Crippen LogP contribution in [-0.4, -0.2) is 35.8 Å². The second-order valence-electron chi connectivity index (χ2n) is 2.95. The molecule has 0 aliphatic heterocycles. The molecule has 1 heterocycles. The molecule has 0 radical (unpaired) electrons. The molecule has 1 aromatic heterocycles. The first-order chi connectivity index (χ1) is 8.06.